The number of Topliss-reactive ketones (excluding diaryl/α,β-unsaturated/α-hetero) is 1. The molecule has 1 aromatic rings. The van der Waals surface area contributed by atoms with Crippen molar-refractivity contribution in [2.75, 3.05) is 6.54 Å². The molecule has 84 valence electrons. The third-order valence-corrected chi connectivity index (χ3v) is 2.41. The molecule has 0 fully saturated rings. The second-order valence-corrected chi connectivity index (χ2v) is 3.55. The quantitative estimate of drug-likeness (QED) is 0.548. The van der Waals surface area contributed by atoms with E-state index in [2.05, 4.69) is 5.10 Å². The van der Waals surface area contributed by atoms with Gasteiger partial charge in [0.05, 0.1) is 0 Å². The summed E-state index contributed by atoms with van der Waals surface area (Å²) in [5, 5.41) is 4.08. The number of aryl methyl sites for hydroxylation is 1. The van der Waals surface area contributed by atoms with E-state index in [1.807, 2.05) is 6.92 Å². The Kier molecular flexibility index (Phi) is 5.04. The smallest absolute Gasteiger partial charge is 0.180 e. The van der Waals surface area contributed by atoms with E-state index >= 15 is 0 Å². The Morgan fingerprint density at radius 3 is 2.93 bits per heavy atom. The van der Waals surface area contributed by atoms with Crippen molar-refractivity contribution in [3.63, 3.8) is 0 Å². The van der Waals surface area contributed by atoms with Gasteiger partial charge in [-0.3, -0.25) is 9.48 Å². The van der Waals surface area contributed by atoms with Gasteiger partial charge in [-0.2, -0.15) is 5.10 Å². The predicted octanol–water partition coefficient (Wildman–Crippen LogP) is 1.60. The van der Waals surface area contributed by atoms with Gasteiger partial charge in [-0.05, 0) is 32.4 Å². The average molecular weight is 209 g/mol. The highest BCUT2D eigenvalue weighted by molar-refractivity contribution is 5.94. The average Bonchev–Trinajstić information content (AvgIpc) is 2.72. The molecule has 0 amide bonds. The summed E-state index contributed by atoms with van der Waals surface area (Å²) < 4.78 is 1.74. The van der Waals surface area contributed by atoms with E-state index in [0.29, 0.717) is 13.0 Å². The van der Waals surface area contributed by atoms with Crippen molar-refractivity contribution in [3.05, 3.63) is 18.0 Å². The lowest BCUT2D eigenvalue weighted by Crippen LogP contribution is -2.09. The maximum absolute atomic E-state index is 11.8. The normalized spacial score (nSPS) is 10.5. The van der Waals surface area contributed by atoms with Gasteiger partial charge in [-0.1, -0.05) is 6.42 Å². The highest BCUT2D eigenvalue weighted by atomic mass is 16.1. The zero-order valence-electron chi connectivity index (χ0n) is 9.28. The van der Waals surface area contributed by atoms with Crippen LogP contribution in [0, 0.1) is 0 Å². The first-order chi connectivity index (χ1) is 7.29. The first-order valence-corrected chi connectivity index (χ1v) is 5.54. The molecule has 1 rings (SSSR count). The number of hydrogen-bond donors (Lipinski definition) is 1. The number of hydrogen-bond acceptors (Lipinski definition) is 3. The Hall–Kier alpha value is -1.16. The molecule has 0 aliphatic heterocycles. The summed E-state index contributed by atoms with van der Waals surface area (Å²) in [7, 11) is 0. The molecule has 15 heavy (non-hydrogen) atoms. The van der Waals surface area contributed by atoms with E-state index in [-0.39, 0.29) is 5.78 Å². The molecule has 0 aliphatic rings. The fraction of sp³-hybridized carbons (Fsp3) is 0.636. The summed E-state index contributed by atoms with van der Waals surface area (Å²) in [5.41, 5.74) is 6.11. The number of nitrogens with zero attached hydrogens (tertiary/aromatic N) is 2. The third-order valence-electron chi connectivity index (χ3n) is 2.41. The van der Waals surface area contributed by atoms with E-state index in [4.69, 9.17) is 5.73 Å². The Labute approximate surface area is 90.5 Å². The lowest BCUT2D eigenvalue weighted by atomic mass is 10.1. The van der Waals surface area contributed by atoms with E-state index in [1.165, 1.54) is 0 Å². The van der Waals surface area contributed by atoms with Crippen LogP contribution in [0.1, 0.15) is 43.1 Å². The second kappa shape index (κ2) is 6.35. The van der Waals surface area contributed by atoms with Gasteiger partial charge in [-0.25, -0.2) is 0 Å². The zero-order valence-corrected chi connectivity index (χ0v) is 9.28. The molecule has 0 spiro atoms. The monoisotopic (exact) mass is 209 g/mol. The van der Waals surface area contributed by atoms with Crippen molar-refractivity contribution >= 4 is 5.78 Å². The first kappa shape index (κ1) is 11.9. The molecule has 0 bridgehead atoms. The van der Waals surface area contributed by atoms with Crippen molar-refractivity contribution in [1.82, 2.24) is 9.78 Å². The van der Waals surface area contributed by atoms with Crippen LogP contribution in [-0.4, -0.2) is 22.1 Å². The zero-order chi connectivity index (χ0) is 11.1. The van der Waals surface area contributed by atoms with E-state index in [0.717, 1.165) is 31.5 Å². The SMILES string of the molecule is CCn1nccc1C(=O)CCCCCN. The fourth-order valence-electron chi connectivity index (χ4n) is 1.56. The number of rotatable bonds is 7. The maximum atomic E-state index is 11.8. The van der Waals surface area contributed by atoms with Gasteiger partial charge < -0.3 is 5.73 Å². The lowest BCUT2D eigenvalue weighted by molar-refractivity contribution is 0.0969. The van der Waals surface area contributed by atoms with Crippen LogP contribution in [-0.2, 0) is 6.54 Å². The van der Waals surface area contributed by atoms with Gasteiger partial charge in [0, 0.05) is 19.2 Å². The van der Waals surface area contributed by atoms with Gasteiger partial charge in [0.25, 0.3) is 0 Å². The Morgan fingerprint density at radius 1 is 1.47 bits per heavy atom. The first-order valence-electron chi connectivity index (χ1n) is 5.54. The fourth-order valence-corrected chi connectivity index (χ4v) is 1.56. The highest BCUT2D eigenvalue weighted by Crippen LogP contribution is 2.07. The van der Waals surface area contributed by atoms with Crippen molar-refractivity contribution in [3.8, 4) is 0 Å². The van der Waals surface area contributed by atoms with Gasteiger partial charge in [0.15, 0.2) is 5.78 Å². The molecule has 2 N–H and O–H groups in total. The van der Waals surface area contributed by atoms with Crippen molar-refractivity contribution in [1.29, 1.82) is 0 Å². The summed E-state index contributed by atoms with van der Waals surface area (Å²) in [4.78, 5) is 11.8. The van der Waals surface area contributed by atoms with E-state index in [1.54, 1.807) is 16.9 Å². The molecule has 0 saturated carbocycles. The number of nitrogens with two attached hydrogens (primary N) is 1. The van der Waals surface area contributed by atoms with Crippen LogP contribution in [0.3, 0.4) is 0 Å². The molecule has 0 radical (unpaired) electrons. The Morgan fingerprint density at radius 2 is 2.27 bits per heavy atom. The van der Waals surface area contributed by atoms with Crippen molar-refractivity contribution in [2.24, 2.45) is 5.73 Å². The van der Waals surface area contributed by atoms with Crippen LogP contribution in [0.15, 0.2) is 12.3 Å². The Bertz CT molecular complexity index is 307. The van der Waals surface area contributed by atoms with Gasteiger partial charge in [-0.15, -0.1) is 0 Å². The number of carbonyl (C=O) groups is 1. The van der Waals surface area contributed by atoms with Crippen molar-refractivity contribution < 1.29 is 4.79 Å². The van der Waals surface area contributed by atoms with Gasteiger partial charge in [0.1, 0.15) is 5.69 Å². The molecule has 1 aromatic heterocycles. The molecule has 4 heteroatoms. The highest BCUT2D eigenvalue weighted by Gasteiger charge is 2.09. The molecular formula is C11H19N3O. The van der Waals surface area contributed by atoms with E-state index in [9.17, 15) is 4.79 Å². The Balaban J connectivity index is 2.40. The topological polar surface area (TPSA) is 60.9 Å². The molecule has 0 saturated heterocycles. The summed E-state index contributed by atoms with van der Waals surface area (Å²) in [6.07, 6.45) is 5.23. The van der Waals surface area contributed by atoms with Crippen LogP contribution < -0.4 is 5.73 Å². The number of aromatic nitrogens is 2. The van der Waals surface area contributed by atoms with E-state index < -0.39 is 0 Å². The molecule has 0 unspecified atom stereocenters. The molecule has 0 atom stereocenters. The number of ketones is 1. The minimum Gasteiger partial charge on any atom is -0.330 e. The standard InChI is InChI=1S/C11H19N3O/c1-2-14-10(7-9-13-14)11(15)6-4-3-5-8-12/h7,9H,2-6,8,12H2,1H3. The third kappa shape index (κ3) is 3.47. The molecular weight excluding hydrogens is 190 g/mol. The second-order valence-electron chi connectivity index (χ2n) is 3.55. The number of unbranched alkanes of at least 4 members (excludes halogenated alkanes) is 2. The summed E-state index contributed by atoms with van der Waals surface area (Å²) >= 11 is 0. The molecule has 0 aromatic carbocycles. The van der Waals surface area contributed by atoms with Crippen molar-refractivity contribution in [2.45, 2.75) is 39.2 Å². The molecule has 4 nitrogen and oxygen atoms in total. The molecule has 0 aliphatic carbocycles. The lowest BCUT2D eigenvalue weighted by Gasteiger charge is -2.03. The van der Waals surface area contributed by atoms with Crippen LogP contribution in [0.25, 0.3) is 0 Å². The van der Waals surface area contributed by atoms with Gasteiger partial charge in [0.2, 0.25) is 0 Å². The van der Waals surface area contributed by atoms with Gasteiger partial charge >= 0.3 is 0 Å². The minimum absolute atomic E-state index is 0.186. The molecule has 1 heterocycles. The predicted molar refractivity (Wildman–Crippen MR) is 59.8 cm³/mol. The summed E-state index contributed by atoms with van der Waals surface area (Å²) in [5.74, 6) is 0.186. The van der Waals surface area contributed by atoms with Crippen LogP contribution in [0.4, 0.5) is 0 Å². The van der Waals surface area contributed by atoms with Crippen LogP contribution >= 0.6 is 0 Å². The summed E-state index contributed by atoms with van der Waals surface area (Å²) in [6, 6.07) is 1.79. The number of carbonyl (C=O) groups excluding carboxylic acids is 1. The summed E-state index contributed by atoms with van der Waals surface area (Å²) in [6.45, 7) is 3.44. The van der Waals surface area contributed by atoms with Crippen LogP contribution in [0.5, 0.6) is 0 Å². The maximum Gasteiger partial charge on any atom is 0.180 e. The van der Waals surface area contributed by atoms with Crippen LogP contribution in [0.2, 0.25) is 0 Å². The largest absolute Gasteiger partial charge is 0.330 e. The minimum atomic E-state index is 0.186.